The Morgan fingerprint density at radius 1 is 1.80 bits per heavy atom. The third-order valence-corrected chi connectivity index (χ3v) is 2.28. The lowest BCUT2D eigenvalue weighted by Crippen LogP contribution is -2.26. The Bertz CT molecular complexity index is 141. The van der Waals surface area contributed by atoms with Gasteiger partial charge in [0.25, 0.3) is 0 Å². The summed E-state index contributed by atoms with van der Waals surface area (Å²) in [6.45, 7) is 2.75. The molecule has 0 aliphatic carbocycles. The highest BCUT2D eigenvalue weighted by atomic mass is 16.3. The summed E-state index contributed by atoms with van der Waals surface area (Å²) in [4.78, 5) is 10.8. The first-order chi connectivity index (χ1) is 4.72. The highest BCUT2D eigenvalue weighted by Gasteiger charge is 2.35. The van der Waals surface area contributed by atoms with Crippen molar-refractivity contribution in [3.63, 3.8) is 0 Å². The molecule has 1 amide bonds. The van der Waals surface area contributed by atoms with Crippen LogP contribution in [0.1, 0.15) is 19.8 Å². The van der Waals surface area contributed by atoms with Gasteiger partial charge in [0.1, 0.15) is 0 Å². The summed E-state index contributed by atoms with van der Waals surface area (Å²) in [6, 6.07) is 0. The number of carbonyl (C=O) groups excluding carboxylic acids is 1. The smallest absolute Gasteiger partial charge is 0.220 e. The van der Waals surface area contributed by atoms with Crippen molar-refractivity contribution >= 4 is 5.91 Å². The van der Waals surface area contributed by atoms with Crippen LogP contribution in [0.2, 0.25) is 0 Å². The lowest BCUT2D eigenvalue weighted by molar-refractivity contribution is -0.119. The maximum Gasteiger partial charge on any atom is 0.220 e. The molecule has 1 saturated heterocycles. The monoisotopic (exact) mass is 143 g/mol. The zero-order valence-electron chi connectivity index (χ0n) is 6.18. The van der Waals surface area contributed by atoms with E-state index in [1.165, 1.54) is 0 Å². The molecule has 0 spiro atoms. The number of carbonyl (C=O) groups is 1. The Balaban J connectivity index is 2.59. The molecule has 1 rings (SSSR count). The summed E-state index contributed by atoms with van der Waals surface area (Å²) in [6.07, 6.45) is 1.35. The van der Waals surface area contributed by atoms with Crippen molar-refractivity contribution in [2.75, 3.05) is 13.2 Å². The minimum Gasteiger partial charge on any atom is -0.396 e. The minimum atomic E-state index is -0.156. The number of hydrogen-bond acceptors (Lipinski definition) is 2. The second-order valence-electron chi connectivity index (χ2n) is 2.97. The fraction of sp³-hybridized carbons (Fsp3) is 0.857. The van der Waals surface area contributed by atoms with Gasteiger partial charge in [0, 0.05) is 18.4 Å². The molecule has 0 aromatic rings. The van der Waals surface area contributed by atoms with Gasteiger partial charge in [-0.05, 0) is 6.42 Å². The van der Waals surface area contributed by atoms with Crippen molar-refractivity contribution in [1.29, 1.82) is 0 Å². The van der Waals surface area contributed by atoms with E-state index in [1.807, 2.05) is 6.92 Å². The lowest BCUT2D eigenvalue weighted by atomic mass is 9.85. The zero-order chi connectivity index (χ0) is 7.61. The van der Waals surface area contributed by atoms with Gasteiger partial charge in [0.15, 0.2) is 0 Å². The predicted octanol–water partition coefficient (Wildman–Crippen LogP) is -0.105. The van der Waals surface area contributed by atoms with E-state index in [9.17, 15) is 4.79 Å². The van der Waals surface area contributed by atoms with E-state index in [0.717, 1.165) is 6.42 Å². The Morgan fingerprint density at radius 2 is 2.50 bits per heavy atom. The average molecular weight is 143 g/mol. The van der Waals surface area contributed by atoms with Crippen LogP contribution in [0.25, 0.3) is 0 Å². The third kappa shape index (κ3) is 1.14. The molecule has 0 saturated carbocycles. The summed E-state index contributed by atoms with van der Waals surface area (Å²) < 4.78 is 0. The van der Waals surface area contributed by atoms with E-state index in [4.69, 9.17) is 5.11 Å². The van der Waals surface area contributed by atoms with Gasteiger partial charge in [-0.3, -0.25) is 4.79 Å². The van der Waals surface area contributed by atoms with Gasteiger partial charge >= 0.3 is 0 Å². The quantitative estimate of drug-likeness (QED) is 0.567. The summed E-state index contributed by atoms with van der Waals surface area (Å²) in [5, 5.41) is 11.7. The summed E-state index contributed by atoms with van der Waals surface area (Å²) in [7, 11) is 0. The molecule has 58 valence electrons. The van der Waals surface area contributed by atoms with Gasteiger partial charge in [-0.1, -0.05) is 6.92 Å². The SMILES string of the molecule is CCC1(CO)CNC(=O)C1. The van der Waals surface area contributed by atoms with Gasteiger partial charge < -0.3 is 10.4 Å². The van der Waals surface area contributed by atoms with Crippen molar-refractivity contribution in [2.24, 2.45) is 5.41 Å². The molecule has 1 fully saturated rings. The third-order valence-electron chi connectivity index (χ3n) is 2.28. The van der Waals surface area contributed by atoms with Gasteiger partial charge in [-0.15, -0.1) is 0 Å². The molecule has 2 N–H and O–H groups in total. The van der Waals surface area contributed by atoms with Crippen molar-refractivity contribution in [3.05, 3.63) is 0 Å². The van der Waals surface area contributed by atoms with E-state index in [0.29, 0.717) is 13.0 Å². The number of hydrogen-bond donors (Lipinski definition) is 2. The highest BCUT2D eigenvalue weighted by Crippen LogP contribution is 2.28. The van der Waals surface area contributed by atoms with Crippen LogP contribution < -0.4 is 5.32 Å². The van der Waals surface area contributed by atoms with E-state index < -0.39 is 0 Å². The van der Waals surface area contributed by atoms with Crippen LogP contribution in [0.4, 0.5) is 0 Å². The highest BCUT2D eigenvalue weighted by molar-refractivity contribution is 5.79. The molecule has 1 heterocycles. The van der Waals surface area contributed by atoms with E-state index in [2.05, 4.69) is 5.32 Å². The lowest BCUT2D eigenvalue weighted by Gasteiger charge is -2.21. The van der Waals surface area contributed by atoms with Crippen molar-refractivity contribution < 1.29 is 9.90 Å². The fourth-order valence-corrected chi connectivity index (χ4v) is 1.23. The molecule has 0 bridgehead atoms. The number of nitrogens with one attached hydrogen (secondary N) is 1. The molecule has 1 unspecified atom stereocenters. The molecular weight excluding hydrogens is 130 g/mol. The largest absolute Gasteiger partial charge is 0.396 e. The Morgan fingerprint density at radius 3 is 2.70 bits per heavy atom. The zero-order valence-corrected chi connectivity index (χ0v) is 6.18. The fourth-order valence-electron chi connectivity index (χ4n) is 1.23. The van der Waals surface area contributed by atoms with Crippen LogP contribution in [0.3, 0.4) is 0 Å². The summed E-state index contributed by atoms with van der Waals surface area (Å²) in [5.74, 6) is 0.0656. The van der Waals surface area contributed by atoms with Gasteiger partial charge in [-0.2, -0.15) is 0 Å². The van der Waals surface area contributed by atoms with Crippen LogP contribution >= 0.6 is 0 Å². The van der Waals surface area contributed by atoms with Crippen LogP contribution in [-0.2, 0) is 4.79 Å². The molecule has 0 aromatic heterocycles. The molecular formula is C7H13NO2. The van der Waals surface area contributed by atoms with Crippen LogP contribution in [0.5, 0.6) is 0 Å². The molecule has 0 aromatic carbocycles. The van der Waals surface area contributed by atoms with Gasteiger partial charge in [-0.25, -0.2) is 0 Å². The standard InChI is InChI=1S/C7H13NO2/c1-2-7(5-9)3-6(10)8-4-7/h9H,2-5H2,1H3,(H,8,10). The molecule has 1 aliphatic rings. The summed E-state index contributed by atoms with van der Waals surface area (Å²) >= 11 is 0. The normalized spacial score (nSPS) is 32.4. The predicted molar refractivity (Wildman–Crippen MR) is 37.4 cm³/mol. The molecule has 1 atom stereocenters. The molecule has 1 aliphatic heterocycles. The first kappa shape index (κ1) is 7.54. The first-order valence-electron chi connectivity index (χ1n) is 3.60. The van der Waals surface area contributed by atoms with Crippen LogP contribution in [0.15, 0.2) is 0 Å². The number of rotatable bonds is 2. The molecule has 10 heavy (non-hydrogen) atoms. The van der Waals surface area contributed by atoms with Crippen molar-refractivity contribution in [3.8, 4) is 0 Å². The van der Waals surface area contributed by atoms with Crippen molar-refractivity contribution in [2.45, 2.75) is 19.8 Å². The Hall–Kier alpha value is -0.570. The van der Waals surface area contributed by atoms with E-state index >= 15 is 0 Å². The number of aliphatic hydroxyl groups excluding tert-OH is 1. The van der Waals surface area contributed by atoms with Crippen LogP contribution in [0, 0.1) is 5.41 Å². The first-order valence-corrected chi connectivity index (χ1v) is 3.60. The number of amides is 1. The number of aliphatic hydroxyl groups is 1. The van der Waals surface area contributed by atoms with E-state index in [1.54, 1.807) is 0 Å². The molecule has 3 nitrogen and oxygen atoms in total. The second-order valence-corrected chi connectivity index (χ2v) is 2.97. The average Bonchev–Trinajstić information content (AvgIpc) is 2.33. The minimum absolute atomic E-state index is 0.0656. The van der Waals surface area contributed by atoms with E-state index in [-0.39, 0.29) is 17.9 Å². The Kier molecular flexibility index (Phi) is 1.94. The summed E-state index contributed by atoms with van der Waals surface area (Å²) in [5.41, 5.74) is -0.156. The second kappa shape index (κ2) is 2.58. The van der Waals surface area contributed by atoms with Crippen molar-refractivity contribution in [1.82, 2.24) is 5.32 Å². The van der Waals surface area contributed by atoms with Crippen LogP contribution in [-0.4, -0.2) is 24.2 Å². The van der Waals surface area contributed by atoms with Gasteiger partial charge in [0.2, 0.25) is 5.91 Å². The maximum atomic E-state index is 10.8. The molecule has 0 radical (unpaired) electrons. The maximum absolute atomic E-state index is 10.8. The molecule has 3 heteroatoms. The Labute approximate surface area is 60.4 Å². The topological polar surface area (TPSA) is 49.3 Å². The van der Waals surface area contributed by atoms with Gasteiger partial charge in [0.05, 0.1) is 6.61 Å².